The van der Waals surface area contributed by atoms with Crippen LogP contribution in [0.25, 0.3) is 0 Å². The highest BCUT2D eigenvalue weighted by molar-refractivity contribution is 5.07. The quantitative estimate of drug-likeness (QED) is 0.894. The zero-order valence-electron chi connectivity index (χ0n) is 12.8. The molecule has 1 aromatic heterocycles. The average molecular weight is 277 g/mol. The Balaban J connectivity index is 1.70. The Morgan fingerprint density at radius 1 is 1.00 bits per heavy atom. The number of nitrogens with two attached hydrogens (primary N) is 1. The van der Waals surface area contributed by atoms with Gasteiger partial charge in [-0.2, -0.15) is 4.98 Å². The van der Waals surface area contributed by atoms with Crippen LogP contribution in [-0.4, -0.2) is 10.1 Å². The van der Waals surface area contributed by atoms with Crippen LogP contribution in [0.3, 0.4) is 0 Å². The average Bonchev–Trinajstić information content (AvgIpc) is 2.94. The number of hydrogen-bond acceptors (Lipinski definition) is 4. The monoisotopic (exact) mass is 277 g/mol. The second-order valence-electron chi connectivity index (χ2n) is 7.25. The summed E-state index contributed by atoms with van der Waals surface area (Å²) in [7, 11) is 0. The van der Waals surface area contributed by atoms with Crippen molar-refractivity contribution < 1.29 is 4.52 Å². The van der Waals surface area contributed by atoms with Gasteiger partial charge in [-0.05, 0) is 63.2 Å². The van der Waals surface area contributed by atoms with Gasteiger partial charge in [0.1, 0.15) is 0 Å². The van der Waals surface area contributed by atoms with Gasteiger partial charge in [0.05, 0.1) is 5.54 Å². The maximum Gasteiger partial charge on any atom is 0.229 e. The van der Waals surface area contributed by atoms with Crippen LogP contribution in [0.2, 0.25) is 0 Å². The van der Waals surface area contributed by atoms with Crippen LogP contribution < -0.4 is 5.73 Å². The van der Waals surface area contributed by atoms with Crippen molar-refractivity contribution in [1.29, 1.82) is 0 Å². The first-order chi connectivity index (χ1) is 9.57. The molecule has 0 bridgehead atoms. The highest BCUT2D eigenvalue weighted by Gasteiger charge is 2.37. The molecule has 4 heteroatoms. The summed E-state index contributed by atoms with van der Waals surface area (Å²) >= 11 is 0. The van der Waals surface area contributed by atoms with Gasteiger partial charge in [-0.25, -0.2) is 0 Å². The summed E-state index contributed by atoms with van der Waals surface area (Å²) < 4.78 is 5.54. The second kappa shape index (κ2) is 5.47. The third-order valence-electron chi connectivity index (χ3n) is 5.42. The zero-order valence-corrected chi connectivity index (χ0v) is 12.8. The van der Waals surface area contributed by atoms with E-state index in [1.807, 2.05) is 0 Å². The van der Waals surface area contributed by atoms with E-state index >= 15 is 0 Å². The first-order valence-electron chi connectivity index (χ1n) is 8.20. The number of rotatable bonds is 2. The molecule has 2 aliphatic carbocycles. The molecule has 0 amide bonds. The van der Waals surface area contributed by atoms with Crippen LogP contribution in [-0.2, 0) is 5.54 Å². The number of nitrogens with zero attached hydrogens (tertiary/aromatic N) is 2. The largest absolute Gasteiger partial charge is 0.339 e. The molecule has 0 spiro atoms. The zero-order chi connectivity index (χ0) is 14.2. The van der Waals surface area contributed by atoms with Crippen molar-refractivity contribution in [1.82, 2.24) is 10.1 Å². The Morgan fingerprint density at radius 2 is 1.60 bits per heavy atom. The normalized spacial score (nSPS) is 38.9. The van der Waals surface area contributed by atoms with Crippen molar-refractivity contribution in [3.8, 4) is 0 Å². The predicted octanol–water partition coefficient (Wildman–Crippen LogP) is 3.73. The molecule has 112 valence electrons. The van der Waals surface area contributed by atoms with E-state index in [0.717, 1.165) is 36.4 Å². The van der Waals surface area contributed by atoms with Crippen LogP contribution in [0.1, 0.15) is 82.8 Å². The minimum atomic E-state index is -0.351. The summed E-state index contributed by atoms with van der Waals surface area (Å²) in [6.45, 7) is 4.62. The molecule has 20 heavy (non-hydrogen) atoms. The summed E-state index contributed by atoms with van der Waals surface area (Å²) in [5.74, 6) is 3.65. The van der Waals surface area contributed by atoms with Gasteiger partial charge in [0.15, 0.2) is 5.82 Å². The molecule has 0 aliphatic heterocycles. The molecule has 0 aromatic carbocycles. The molecule has 2 N–H and O–H groups in total. The summed E-state index contributed by atoms with van der Waals surface area (Å²) in [6, 6.07) is 0. The van der Waals surface area contributed by atoms with E-state index in [1.165, 1.54) is 38.5 Å². The third-order valence-corrected chi connectivity index (χ3v) is 5.42. The second-order valence-corrected chi connectivity index (χ2v) is 7.25. The fraction of sp³-hybridized carbons (Fsp3) is 0.875. The molecule has 1 aromatic rings. The number of hydrogen-bond donors (Lipinski definition) is 1. The standard InChI is InChI=1S/C16H27N3O/c1-11-3-5-13(6-4-11)14-18-15(19-20-14)16(17)9-7-12(2)8-10-16/h11-13H,3-10,17H2,1-2H3. The fourth-order valence-electron chi connectivity index (χ4n) is 3.61. The minimum Gasteiger partial charge on any atom is -0.339 e. The molecule has 2 aliphatic rings. The van der Waals surface area contributed by atoms with Crippen molar-refractivity contribution in [2.75, 3.05) is 0 Å². The SMILES string of the molecule is CC1CCC(c2nc(C3(N)CCC(C)CC3)no2)CC1. The molecule has 1 heterocycles. The highest BCUT2D eigenvalue weighted by Crippen LogP contribution is 2.38. The van der Waals surface area contributed by atoms with Crippen LogP contribution in [0.15, 0.2) is 4.52 Å². The van der Waals surface area contributed by atoms with Crippen molar-refractivity contribution >= 4 is 0 Å². The van der Waals surface area contributed by atoms with Crippen molar-refractivity contribution in [2.45, 2.75) is 76.7 Å². The van der Waals surface area contributed by atoms with Gasteiger partial charge >= 0.3 is 0 Å². The van der Waals surface area contributed by atoms with Crippen molar-refractivity contribution in [3.63, 3.8) is 0 Å². The molecule has 0 radical (unpaired) electrons. The summed E-state index contributed by atoms with van der Waals surface area (Å²) in [5, 5.41) is 4.22. The molecule has 2 saturated carbocycles. The van der Waals surface area contributed by atoms with E-state index in [-0.39, 0.29) is 5.54 Å². The van der Waals surface area contributed by atoms with Gasteiger partial charge in [-0.15, -0.1) is 0 Å². The smallest absolute Gasteiger partial charge is 0.229 e. The number of aromatic nitrogens is 2. The van der Waals surface area contributed by atoms with E-state index in [1.54, 1.807) is 0 Å². The van der Waals surface area contributed by atoms with Gasteiger partial charge in [0.2, 0.25) is 5.89 Å². The van der Waals surface area contributed by atoms with Crippen LogP contribution >= 0.6 is 0 Å². The van der Waals surface area contributed by atoms with Crippen LogP contribution in [0, 0.1) is 11.8 Å². The summed E-state index contributed by atoms with van der Waals surface area (Å²) in [5.41, 5.74) is 6.17. The minimum absolute atomic E-state index is 0.351. The van der Waals surface area contributed by atoms with E-state index in [9.17, 15) is 0 Å². The lowest BCUT2D eigenvalue weighted by Gasteiger charge is -2.33. The van der Waals surface area contributed by atoms with Crippen molar-refractivity contribution in [2.24, 2.45) is 17.6 Å². The fourth-order valence-corrected chi connectivity index (χ4v) is 3.61. The molecular weight excluding hydrogens is 250 g/mol. The Kier molecular flexibility index (Phi) is 3.85. The van der Waals surface area contributed by atoms with Crippen molar-refractivity contribution in [3.05, 3.63) is 11.7 Å². The van der Waals surface area contributed by atoms with Gasteiger partial charge < -0.3 is 10.3 Å². The van der Waals surface area contributed by atoms with E-state index in [0.29, 0.717) is 5.92 Å². The lowest BCUT2D eigenvalue weighted by atomic mass is 9.77. The first-order valence-corrected chi connectivity index (χ1v) is 8.20. The van der Waals surface area contributed by atoms with E-state index < -0.39 is 0 Å². The predicted molar refractivity (Wildman–Crippen MR) is 78.2 cm³/mol. The Bertz CT molecular complexity index is 440. The lowest BCUT2D eigenvalue weighted by Crippen LogP contribution is -2.41. The van der Waals surface area contributed by atoms with E-state index in [4.69, 9.17) is 10.3 Å². The third kappa shape index (κ3) is 2.76. The molecule has 3 rings (SSSR count). The van der Waals surface area contributed by atoms with Crippen LogP contribution in [0.4, 0.5) is 0 Å². The molecule has 4 nitrogen and oxygen atoms in total. The summed E-state index contributed by atoms with van der Waals surface area (Å²) in [6.07, 6.45) is 9.20. The van der Waals surface area contributed by atoms with Gasteiger partial charge in [-0.1, -0.05) is 19.0 Å². The molecule has 0 saturated heterocycles. The van der Waals surface area contributed by atoms with Gasteiger partial charge in [0.25, 0.3) is 0 Å². The maximum absolute atomic E-state index is 6.52. The highest BCUT2D eigenvalue weighted by atomic mass is 16.5. The van der Waals surface area contributed by atoms with Gasteiger partial charge in [-0.3, -0.25) is 0 Å². The van der Waals surface area contributed by atoms with Gasteiger partial charge in [0, 0.05) is 5.92 Å². The Hall–Kier alpha value is -0.900. The van der Waals surface area contributed by atoms with E-state index in [2.05, 4.69) is 24.0 Å². The molecule has 2 fully saturated rings. The Labute approximate surface area is 121 Å². The van der Waals surface area contributed by atoms with Crippen LogP contribution in [0.5, 0.6) is 0 Å². The summed E-state index contributed by atoms with van der Waals surface area (Å²) in [4.78, 5) is 4.68. The lowest BCUT2D eigenvalue weighted by molar-refractivity contribution is 0.228. The maximum atomic E-state index is 6.52. The molecule has 0 unspecified atom stereocenters. The Morgan fingerprint density at radius 3 is 2.25 bits per heavy atom. The molecular formula is C16H27N3O. The topological polar surface area (TPSA) is 64.9 Å². The molecule has 0 atom stereocenters. The first kappa shape index (κ1) is 14.1.